The number of aryl methyl sites for hydroxylation is 1. The van der Waals surface area contributed by atoms with Gasteiger partial charge in [-0.05, 0) is 25.8 Å². The van der Waals surface area contributed by atoms with E-state index in [1.54, 1.807) is 4.68 Å². The number of aromatic nitrogens is 3. The van der Waals surface area contributed by atoms with Gasteiger partial charge in [0, 0.05) is 13.7 Å². The van der Waals surface area contributed by atoms with Gasteiger partial charge in [-0.3, -0.25) is 0 Å². The predicted molar refractivity (Wildman–Crippen MR) is 63.3 cm³/mol. The van der Waals surface area contributed by atoms with Crippen LogP contribution in [-0.4, -0.2) is 35.3 Å². The minimum Gasteiger partial charge on any atom is -0.381 e. The van der Waals surface area contributed by atoms with Gasteiger partial charge in [0.25, 0.3) is 0 Å². The van der Waals surface area contributed by atoms with Crippen LogP contribution in [0.25, 0.3) is 0 Å². The minimum atomic E-state index is -1.55. The van der Waals surface area contributed by atoms with Crippen LogP contribution >= 0.6 is 0 Å². The molecule has 5 nitrogen and oxygen atoms in total. The quantitative estimate of drug-likeness (QED) is 0.747. The summed E-state index contributed by atoms with van der Waals surface area (Å²) < 4.78 is 21.4. The maximum Gasteiger partial charge on any atom is 0.177 e. The summed E-state index contributed by atoms with van der Waals surface area (Å²) in [6.45, 7) is 3.14. The fourth-order valence-electron chi connectivity index (χ4n) is 1.87. The normalized spacial score (nSPS) is 14.8. The Morgan fingerprint density at radius 3 is 2.94 bits per heavy atom. The van der Waals surface area contributed by atoms with E-state index in [0.29, 0.717) is 31.6 Å². The van der Waals surface area contributed by atoms with E-state index in [1.807, 2.05) is 6.92 Å². The van der Waals surface area contributed by atoms with Crippen LogP contribution in [0.1, 0.15) is 31.9 Å². The van der Waals surface area contributed by atoms with Gasteiger partial charge in [0.2, 0.25) is 0 Å². The Kier molecular flexibility index (Phi) is 5.50. The molecule has 1 unspecified atom stereocenters. The Morgan fingerprint density at radius 1 is 1.59 bits per heavy atom. The monoisotopic (exact) mass is 244 g/mol. The molecule has 0 aromatic carbocycles. The summed E-state index contributed by atoms with van der Waals surface area (Å²) in [5.74, 6) is 0. The van der Waals surface area contributed by atoms with Crippen molar-refractivity contribution in [2.24, 2.45) is 5.73 Å². The third-order valence-corrected chi connectivity index (χ3v) is 2.66. The molecule has 0 saturated heterocycles. The molecule has 0 aliphatic heterocycles. The Morgan fingerprint density at radius 2 is 2.35 bits per heavy atom. The first-order valence-corrected chi connectivity index (χ1v) is 5.95. The molecule has 0 amide bonds. The van der Waals surface area contributed by atoms with Crippen LogP contribution in [0, 0.1) is 0 Å². The first kappa shape index (κ1) is 14.1. The minimum absolute atomic E-state index is 0.00406. The third kappa shape index (κ3) is 3.47. The molecule has 1 rings (SSSR count). The average Bonchev–Trinajstić information content (AvgIpc) is 2.76. The van der Waals surface area contributed by atoms with Crippen LogP contribution in [0.5, 0.6) is 0 Å². The number of halogens is 1. The lowest BCUT2D eigenvalue weighted by Crippen LogP contribution is -2.30. The van der Waals surface area contributed by atoms with Crippen molar-refractivity contribution in [3.05, 3.63) is 11.9 Å². The number of alkyl halides is 1. The van der Waals surface area contributed by atoms with E-state index >= 15 is 0 Å². The van der Waals surface area contributed by atoms with Crippen molar-refractivity contribution < 1.29 is 9.13 Å². The summed E-state index contributed by atoms with van der Waals surface area (Å²) in [5.41, 5.74) is 4.37. The highest BCUT2D eigenvalue weighted by atomic mass is 19.1. The predicted octanol–water partition coefficient (Wildman–Crippen LogP) is 1.24. The molecular formula is C11H21FN4O. The Bertz CT molecular complexity index is 331. The highest BCUT2D eigenvalue weighted by molar-refractivity contribution is 5.08. The SMILES string of the molecule is CCCn1nncc1C(F)(CCCN)COC. The van der Waals surface area contributed by atoms with Gasteiger partial charge in [-0.15, -0.1) is 5.10 Å². The van der Waals surface area contributed by atoms with Crippen molar-refractivity contribution in [2.45, 2.75) is 38.4 Å². The number of nitrogens with two attached hydrogens (primary N) is 1. The first-order valence-electron chi connectivity index (χ1n) is 5.95. The molecule has 0 radical (unpaired) electrons. The van der Waals surface area contributed by atoms with Gasteiger partial charge < -0.3 is 10.5 Å². The Labute approximate surface area is 101 Å². The largest absolute Gasteiger partial charge is 0.381 e. The molecular weight excluding hydrogens is 223 g/mol. The molecule has 0 spiro atoms. The molecule has 98 valence electrons. The molecule has 0 aliphatic carbocycles. The van der Waals surface area contributed by atoms with E-state index in [1.165, 1.54) is 13.3 Å². The van der Waals surface area contributed by atoms with Gasteiger partial charge in [0.1, 0.15) is 0 Å². The lowest BCUT2D eigenvalue weighted by molar-refractivity contribution is 0.0235. The highest BCUT2D eigenvalue weighted by Gasteiger charge is 2.35. The number of ether oxygens (including phenoxy) is 1. The lowest BCUT2D eigenvalue weighted by Gasteiger charge is -2.24. The van der Waals surface area contributed by atoms with Crippen molar-refractivity contribution >= 4 is 0 Å². The van der Waals surface area contributed by atoms with Crippen molar-refractivity contribution in [3.8, 4) is 0 Å². The number of nitrogens with zero attached hydrogens (tertiary/aromatic N) is 3. The Hall–Kier alpha value is -1.01. The molecule has 1 aromatic heterocycles. The number of hydrogen-bond acceptors (Lipinski definition) is 4. The molecule has 0 saturated carbocycles. The molecule has 0 bridgehead atoms. The highest BCUT2D eigenvalue weighted by Crippen LogP contribution is 2.30. The van der Waals surface area contributed by atoms with Gasteiger partial charge >= 0.3 is 0 Å². The fraction of sp³-hybridized carbons (Fsp3) is 0.818. The maximum absolute atomic E-state index is 14.8. The van der Waals surface area contributed by atoms with Crippen LogP contribution < -0.4 is 5.73 Å². The molecule has 1 atom stereocenters. The molecule has 6 heteroatoms. The summed E-state index contributed by atoms with van der Waals surface area (Å²) in [6.07, 6.45) is 3.30. The molecule has 0 fully saturated rings. The molecule has 2 N–H and O–H groups in total. The van der Waals surface area contributed by atoms with Crippen LogP contribution in [0.15, 0.2) is 6.20 Å². The maximum atomic E-state index is 14.8. The average molecular weight is 244 g/mol. The number of methoxy groups -OCH3 is 1. The molecule has 1 heterocycles. The second kappa shape index (κ2) is 6.66. The van der Waals surface area contributed by atoms with Gasteiger partial charge in [-0.25, -0.2) is 9.07 Å². The second-order valence-corrected chi connectivity index (χ2v) is 4.13. The molecule has 0 aliphatic rings. The summed E-state index contributed by atoms with van der Waals surface area (Å²) in [5, 5.41) is 7.69. The van der Waals surface area contributed by atoms with E-state index in [4.69, 9.17) is 10.5 Å². The van der Waals surface area contributed by atoms with E-state index in [9.17, 15) is 4.39 Å². The summed E-state index contributed by atoms with van der Waals surface area (Å²) in [7, 11) is 1.49. The zero-order valence-corrected chi connectivity index (χ0v) is 10.5. The van der Waals surface area contributed by atoms with Gasteiger partial charge in [0.05, 0.1) is 18.5 Å². The van der Waals surface area contributed by atoms with E-state index in [0.717, 1.165) is 6.42 Å². The van der Waals surface area contributed by atoms with Crippen LogP contribution in [0.2, 0.25) is 0 Å². The van der Waals surface area contributed by atoms with Crippen molar-refractivity contribution in [3.63, 3.8) is 0 Å². The topological polar surface area (TPSA) is 66.0 Å². The number of rotatable bonds is 8. The van der Waals surface area contributed by atoms with Crippen LogP contribution in [0.4, 0.5) is 4.39 Å². The number of hydrogen-bond donors (Lipinski definition) is 1. The van der Waals surface area contributed by atoms with Gasteiger partial charge in [0.15, 0.2) is 5.67 Å². The lowest BCUT2D eigenvalue weighted by atomic mass is 9.97. The second-order valence-electron chi connectivity index (χ2n) is 4.13. The summed E-state index contributed by atoms with van der Waals surface area (Å²) in [4.78, 5) is 0. The van der Waals surface area contributed by atoms with E-state index < -0.39 is 5.67 Å². The first-order chi connectivity index (χ1) is 8.18. The summed E-state index contributed by atoms with van der Waals surface area (Å²) in [6, 6.07) is 0. The zero-order chi connectivity index (χ0) is 12.7. The smallest absolute Gasteiger partial charge is 0.177 e. The summed E-state index contributed by atoms with van der Waals surface area (Å²) >= 11 is 0. The molecule has 1 aromatic rings. The van der Waals surface area contributed by atoms with Crippen molar-refractivity contribution in [2.75, 3.05) is 20.3 Å². The van der Waals surface area contributed by atoms with E-state index in [2.05, 4.69) is 10.3 Å². The third-order valence-electron chi connectivity index (χ3n) is 2.66. The van der Waals surface area contributed by atoms with Gasteiger partial charge in [-0.2, -0.15) is 0 Å². The van der Waals surface area contributed by atoms with Crippen molar-refractivity contribution in [1.29, 1.82) is 0 Å². The van der Waals surface area contributed by atoms with Gasteiger partial charge in [-0.1, -0.05) is 12.1 Å². The van der Waals surface area contributed by atoms with E-state index in [-0.39, 0.29) is 6.61 Å². The van der Waals surface area contributed by atoms with Crippen LogP contribution in [-0.2, 0) is 17.0 Å². The fourth-order valence-corrected chi connectivity index (χ4v) is 1.87. The van der Waals surface area contributed by atoms with Crippen LogP contribution in [0.3, 0.4) is 0 Å². The van der Waals surface area contributed by atoms with Crippen molar-refractivity contribution in [1.82, 2.24) is 15.0 Å². The molecule has 17 heavy (non-hydrogen) atoms. The zero-order valence-electron chi connectivity index (χ0n) is 10.5. The Balaban J connectivity index is 2.90. The standard InChI is InChI=1S/C11H21FN4O/c1-3-7-16-10(8-14-15-16)11(12,9-17-2)5-4-6-13/h8H,3-7,9,13H2,1-2H3.